The molecule has 2 heteroatoms. The molecule has 0 aromatic heterocycles. The van der Waals surface area contributed by atoms with Gasteiger partial charge in [0.15, 0.2) is 0 Å². The number of piperidine rings is 1. The molecule has 1 fully saturated rings. The van der Waals surface area contributed by atoms with E-state index < -0.39 is 0 Å². The standard InChI is InChI=1S/C19H31NO/c1-2-3-4-5-6-7-15-21-19-12-10-17(11-13-19)18-9-8-14-20-16-18/h10-13,18,20H,2-9,14-16H2,1H3. The summed E-state index contributed by atoms with van der Waals surface area (Å²) in [5.74, 6) is 1.71. The van der Waals surface area contributed by atoms with Crippen LogP contribution in [0.25, 0.3) is 0 Å². The maximum absolute atomic E-state index is 5.84. The van der Waals surface area contributed by atoms with Crippen LogP contribution in [-0.4, -0.2) is 19.7 Å². The summed E-state index contributed by atoms with van der Waals surface area (Å²) in [5.41, 5.74) is 1.45. The first-order chi connectivity index (χ1) is 10.4. The summed E-state index contributed by atoms with van der Waals surface area (Å²) >= 11 is 0. The van der Waals surface area contributed by atoms with Gasteiger partial charge >= 0.3 is 0 Å². The number of unbranched alkanes of at least 4 members (excludes halogenated alkanes) is 5. The molecule has 21 heavy (non-hydrogen) atoms. The van der Waals surface area contributed by atoms with E-state index in [1.54, 1.807) is 0 Å². The Bertz CT molecular complexity index is 368. The van der Waals surface area contributed by atoms with Crippen LogP contribution in [0.2, 0.25) is 0 Å². The molecule has 2 rings (SSSR count). The van der Waals surface area contributed by atoms with Crippen LogP contribution in [0.3, 0.4) is 0 Å². The fourth-order valence-electron chi connectivity index (χ4n) is 3.04. The quantitative estimate of drug-likeness (QED) is 0.653. The van der Waals surface area contributed by atoms with Crippen LogP contribution in [0, 0.1) is 0 Å². The summed E-state index contributed by atoms with van der Waals surface area (Å²) in [7, 11) is 0. The molecule has 0 amide bonds. The van der Waals surface area contributed by atoms with Crippen LogP contribution in [0.5, 0.6) is 5.75 Å². The predicted molar refractivity (Wildman–Crippen MR) is 90.2 cm³/mol. The average Bonchev–Trinajstić information content (AvgIpc) is 2.55. The van der Waals surface area contributed by atoms with E-state index in [2.05, 4.69) is 36.5 Å². The molecule has 1 aromatic carbocycles. The van der Waals surface area contributed by atoms with Crippen molar-refractivity contribution < 1.29 is 4.74 Å². The number of hydrogen-bond donors (Lipinski definition) is 1. The van der Waals surface area contributed by atoms with Crippen molar-refractivity contribution in [2.45, 2.75) is 64.2 Å². The molecule has 2 nitrogen and oxygen atoms in total. The Morgan fingerprint density at radius 1 is 1.05 bits per heavy atom. The molecule has 1 saturated heterocycles. The summed E-state index contributed by atoms with van der Waals surface area (Å²) in [5, 5.41) is 3.48. The zero-order valence-corrected chi connectivity index (χ0v) is 13.6. The molecule has 1 N–H and O–H groups in total. The number of hydrogen-bond acceptors (Lipinski definition) is 2. The summed E-state index contributed by atoms with van der Waals surface area (Å²) in [6.07, 6.45) is 10.5. The second kappa shape index (κ2) is 9.83. The van der Waals surface area contributed by atoms with Gasteiger partial charge in [0.25, 0.3) is 0 Å². The van der Waals surface area contributed by atoms with Crippen LogP contribution < -0.4 is 10.1 Å². The van der Waals surface area contributed by atoms with Crippen molar-refractivity contribution in [1.29, 1.82) is 0 Å². The van der Waals surface area contributed by atoms with E-state index in [1.165, 1.54) is 63.5 Å². The predicted octanol–water partition coefficient (Wildman–Crippen LogP) is 4.89. The highest BCUT2D eigenvalue weighted by Gasteiger charge is 2.14. The van der Waals surface area contributed by atoms with Crippen LogP contribution in [0.15, 0.2) is 24.3 Å². The van der Waals surface area contributed by atoms with E-state index in [0.29, 0.717) is 5.92 Å². The maximum atomic E-state index is 5.84. The van der Waals surface area contributed by atoms with Gasteiger partial charge in [0.2, 0.25) is 0 Å². The Kier molecular flexibility index (Phi) is 7.66. The van der Waals surface area contributed by atoms with E-state index in [9.17, 15) is 0 Å². The number of nitrogens with one attached hydrogen (secondary N) is 1. The van der Waals surface area contributed by atoms with Crippen molar-refractivity contribution >= 4 is 0 Å². The van der Waals surface area contributed by atoms with Crippen molar-refractivity contribution in [3.05, 3.63) is 29.8 Å². The van der Waals surface area contributed by atoms with Crippen LogP contribution in [0.1, 0.15) is 69.8 Å². The van der Waals surface area contributed by atoms with Crippen molar-refractivity contribution in [2.24, 2.45) is 0 Å². The van der Waals surface area contributed by atoms with Gasteiger partial charge in [-0.2, -0.15) is 0 Å². The Labute approximate surface area is 130 Å². The van der Waals surface area contributed by atoms with Gasteiger partial charge in [-0.1, -0.05) is 51.2 Å². The number of benzene rings is 1. The molecule has 0 bridgehead atoms. The van der Waals surface area contributed by atoms with Crippen LogP contribution in [0.4, 0.5) is 0 Å². The summed E-state index contributed by atoms with van der Waals surface area (Å²) in [4.78, 5) is 0. The molecule has 1 aliphatic heterocycles. The molecule has 1 aromatic rings. The molecule has 0 spiro atoms. The number of rotatable bonds is 9. The molecule has 1 aliphatic rings. The Morgan fingerprint density at radius 3 is 2.52 bits per heavy atom. The third-order valence-corrected chi connectivity index (χ3v) is 4.42. The molecule has 1 heterocycles. The van der Waals surface area contributed by atoms with E-state index >= 15 is 0 Å². The largest absolute Gasteiger partial charge is 0.494 e. The monoisotopic (exact) mass is 289 g/mol. The van der Waals surface area contributed by atoms with Gasteiger partial charge in [-0.25, -0.2) is 0 Å². The molecule has 1 atom stereocenters. The van der Waals surface area contributed by atoms with Crippen molar-refractivity contribution in [3.63, 3.8) is 0 Å². The van der Waals surface area contributed by atoms with E-state index in [4.69, 9.17) is 4.74 Å². The first-order valence-corrected chi connectivity index (χ1v) is 8.83. The average molecular weight is 289 g/mol. The Hall–Kier alpha value is -1.02. The Morgan fingerprint density at radius 2 is 1.81 bits per heavy atom. The molecule has 118 valence electrons. The Balaban J connectivity index is 1.63. The van der Waals surface area contributed by atoms with Crippen molar-refractivity contribution in [3.8, 4) is 5.75 Å². The minimum Gasteiger partial charge on any atom is -0.494 e. The number of ether oxygens (including phenoxy) is 1. The second-order valence-corrected chi connectivity index (χ2v) is 6.23. The third-order valence-electron chi connectivity index (χ3n) is 4.42. The summed E-state index contributed by atoms with van der Waals surface area (Å²) in [6, 6.07) is 8.77. The minimum atomic E-state index is 0.686. The maximum Gasteiger partial charge on any atom is 0.119 e. The highest BCUT2D eigenvalue weighted by atomic mass is 16.5. The van der Waals surface area contributed by atoms with E-state index in [-0.39, 0.29) is 0 Å². The molecule has 0 aliphatic carbocycles. The molecular formula is C19H31NO. The fourth-order valence-corrected chi connectivity index (χ4v) is 3.04. The lowest BCUT2D eigenvalue weighted by atomic mass is 9.92. The van der Waals surface area contributed by atoms with Crippen LogP contribution in [-0.2, 0) is 0 Å². The smallest absolute Gasteiger partial charge is 0.119 e. The van der Waals surface area contributed by atoms with Crippen LogP contribution >= 0.6 is 0 Å². The van der Waals surface area contributed by atoms with Gasteiger partial charge in [-0.3, -0.25) is 0 Å². The summed E-state index contributed by atoms with van der Waals surface area (Å²) in [6.45, 7) is 5.42. The normalized spacial score (nSPS) is 18.6. The van der Waals surface area contributed by atoms with Crippen molar-refractivity contribution in [1.82, 2.24) is 5.32 Å². The molecular weight excluding hydrogens is 258 g/mol. The lowest BCUT2D eigenvalue weighted by Crippen LogP contribution is -2.28. The van der Waals surface area contributed by atoms with Gasteiger partial charge < -0.3 is 10.1 Å². The van der Waals surface area contributed by atoms with E-state index in [0.717, 1.165) is 18.9 Å². The fraction of sp³-hybridized carbons (Fsp3) is 0.684. The molecule has 1 unspecified atom stereocenters. The van der Waals surface area contributed by atoms with Gasteiger partial charge in [-0.05, 0) is 49.4 Å². The second-order valence-electron chi connectivity index (χ2n) is 6.23. The lowest BCUT2D eigenvalue weighted by Gasteiger charge is -2.23. The van der Waals surface area contributed by atoms with Gasteiger partial charge in [0.05, 0.1) is 6.61 Å². The third kappa shape index (κ3) is 6.09. The molecule has 0 radical (unpaired) electrons. The first-order valence-electron chi connectivity index (χ1n) is 8.83. The molecule has 0 saturated carbocycles. The highest BCUT2D eigenvalue weighted by Crippen LogP contribution is 2.25. The van der Waals surface area contributed by atoms with Gasteiger partial charge in [0.1, 0.15) is 5.75 Å². The topological polar surface area (TPSA) is 21.3 Å². The zero-order valence-electron chi connectivity index (χ0n) is 13.6. The van der Waals surface area contributed by atoms with Gasteiger partial charge in [0, 0.05) is 6.54 Å². The summed E-state index contributed by atoms with van der Waals surface area (Å²) < 4.78 is 5.84. The van der Waals surface area contributed by atoms with Crippen molar-refractivity contribution in [2.75, 3.05) is 19.7 Å². The van der Waals surface area contributed by atoms with Gasteiger partial charge in [-0.15, -0.1) is 0 Å². The highest BCUT2D eigenvalue weighted by molar-refractivity contribution is 5.29. The SMILES string of the molecule is CCCCCCCCOc1ccc(C2CCCNC2)cc1. The zero-order chi connectivity index (χ0) is 14.8. The minimum absolute atomic E-state index is 0.686. The lowest BCUT2D eigenvalue weighted by molar-refractivity contribution is 0.304. The first kappa shape index (κ1) is 16.4. The van der Waals surface area contributed by atoms with E-state index in [1.807, 2.05) is 0 Å².